The number of tetrazole rings is 1. The van der Waals surface area contributed by atoms with Crippen LogP contribution in [-0.2, 0) is 6.54 Å². The van der Waals surface area contributed by atoms with Crippen LogP contribution in [0, 0.1) is 12.7 Å². The molecule has 24 heavy (non-hydrogen) atoms. The third kappa shape index (κ3) is 3.33. The summed E-state index contributed by atoms with van der Waals surface area (Å²) in [6, 6.07) is 7.06. The number of aryl methyl sites for hydroxylation is 1. The molecule has 0 bridgehead atoms. The average Bonchev–Trinajstić information content (AvgIpc) is 3.25. The van der Waals surface area contributed by atoms with Crippen molar-refractivity contribution in [1.82, 2.24) is 35.3 Å². The van der Waals surface area contributed by atoms with Crippen molar-refractivity contribution < 1.29 is 4.39 Å². The van der Waals surface area contributed by atoms with Gasteiger partial charge in [-0.25, -0.2) is 4.39 Å². The molecular formula is C16H20FN7. The van der Waals surface area contributed by atoms with E-state index in [1.54, 1.807) is 18.3 Å². The van der Waals surface area contributed by atoms with Gasteiger partial charge in [-0.2, -0.15) is 9.78 Å². The maximum Gasteiger partial charge on any atom is 0.170 e. The van der Waals surface area contributed by atoms with Crippen LogP contribution >= 0.6 is 0 Å². The summed E-state index contributed by atoms with van der Waals surface area (Å²) >= 11 is 0. The number of rotatable bonds is 6. The first kappa shape index (κ1) is 16.3. The second-order valence-electron chi connectivity index (χ2n) is 5.86. The fourth-order valence-electron chi connectivity index (χ4n) is 2.46. The summed E-state index contributed by atoms with van der Waals surface area (Å²) < 4.78 is 17.4. The third-order valence-electron chi connectivity index (χ3n) is 4.11. The zero-order valence-corrected chi connectivity index (χ0v) is 13.9. The number of halogens is 1. The minimum atomic E-state index is -0.355. The van der Waals surface area contributed by atoms with Gasteiger partial charge in [0.2, 0.25) is 0 Å². The first-order chi connectivity index (χ1) is 11.6. The maximum absolute atomic E-state index is 14.1. The van der Waals surface area contributed by atoms with Gasteiger partial charge in [-0.15, -0.1) is 5.10 Å². The molecule has 0 saturated carbocycles. The summed E-state index contributed by atoms with van der Waals surface area (Å²) in [6.07, 6.45) is 3.68. The topological polar surface area (TPSA) is 73.5 Å². The Hall–Kier alpha value is -2.61. The molecule has 1 N–H and O–H groups in total. The highest BCUT2D eigenvalue weighted by Crippen LogP contribution is 2.16. The SMILES string of the molecule is Cc1ccc(F)c(-n2nnnc2CN[C@H](C)[C@@H](C)n2cccn2)c1. The summed E-state index contributed by atoms with van der Waals surface area (Å²) in [5, 5.41) is 19.2. The zero-order chi connectivity index (χ0) is 17.1. The van der Waals surface area contributed by atoms with E-state index in [1.807, 2.05) is 23.9 Å². The molecule has 0 radical (unpaired) electrons. The minimum absolute atomic E-state index is 0.136. The number of hydrogen-bond acceptors (Lipinski definition) is 5. The molecule has 3 aromatic rings. The van der Waals surface area contributed by atoms with Gasteiger partial charge >= 0.3 is 0 Å². The van der Waals surface area contributed by atoms with Gasteiger partial charge in [0.1, 0.15) is 11.5 Å². The molecule has 0 aliphatic carbocycles. The largest absolute Gasteiger partial charge is 0.305 e. The number of nitrogens with zero attached hydrogens (tertiary/aromatic N) is 6. The third-order valence-corrected chi connectivity index (χ3v) is 4.11. The number of hydrogen-bond donors (Lipinski definition) is 1. The normalized spacial score (nSPS) is 13.8. The number of nitrogens with one attached hydrogen (secondary N) is 1. The van der Waals surface area contributed by atoms with Crippen LogP contribution < -0.4 is 5.32 Å². The summed E-state index contributed by atoms with van der Waals surface area (Å²) in [6.45, 7) is 6.47. The molecular weight excluding hydrogens is 309 g/mol. The highest BCUT2D eigenvalue weighted by Gasteiger charge is 2.17. The number of aromatic nitrogens is 6. The highest BCUT2D eigenvalue weighted by atomic mass is 19.1. The lowest BCUT2D eigenvalue weighted by molar-refractivity contribution is 0.361. The van der Waals surface area contributed by atoms with Crippen molar-refractivity contribution in [3.05, 3.63) is 53.9 Å². The molecule has 2 heterocycles. The van der Waals surface area contributed by atoms with Crippen LogP contribution in [-0.4, -0.2) is 36.0 Å². The van der Waals surface area contributed by atoms with E-state index in [2.05, 4.69) is 39.8 Å². The van der Waals surface area contributed by atoms with Gasteiger partial charge in [-0.1, -0.05) is 6.07 Å². The predicted molar refractivity (Wildman–Crippen MR) is 87.1 cm³/mol. The second-order valence-corrected chi connectivity index (χ2v) is 5.86. The lowest BCUT2D eigenvalue weighted by atomic mass is 10.2. The Morgan fingerprint density at radius 3 is 2.88 bits per heavy atom. The van der Waals surface area contributed by atoms with E-state index in [1.165, 1.54) is 10.7 Å². The first-order valence-electron chi connectivity index (χ1n) is 7.82. The van der Waals surface area contributed by atoms with E-state index in [-0.39, 0.29) is 17.9 Å². The van der Waals surface area contributed by atoms with E-state index in [0.29, 0.717) is 18.1 Å². The fraction of sp³-hybridized carbons (Fsp3) is 0.375. The minimum Gasteiger partial charge on any atom is -0.305 e. The summed E-state index contributed by atoms with van der Waals surface area (Å²) in [4.78, 5) is 0. The molecule has 0 aliphatic heterocycles. The van der Waals surface area contributed by atoms with Crippen LogP contribution in [0.15, 0.2) is 36.7 Å². The number of benzene rings is 1. The molecule has 0 fully saturated rings. The molecule has 3 rings (SSSR count). The van der Waals surface area contributed by atoms with Crippen molar-refractivity contribution in [1.29, 1.82) is 0 Å². The quantitative estimate of drug-likeness (QED) is 0.749. The van der Waals surface area contributed by atoms with Crippen molar-refractivity contribution in [2.24, 2.45) is 0 Å². The van der Waals surface area contributed by atoms with Crippen molar-refractivity contribution >= 4 is 0 Å². The molecule has 0 spiro atoms. The zero-order valence-electron chi connectivity index (χ0n) is 13.9. The van der Waals surface area contributed by atoms with Gasteiger partial charge in [-0.05, 0) is 55.0 Å². The van der Waals surface area contributed by atoms with E-state index >= 15 is 0 Å². The maximum atomic E-state index is 14.1. The standard InChI is InChI=1S/C16H20FN7/c1-11-5-6-14(17)15(9-11)24-16(20-21-22-24)10-18-12(2)13(3)23-8-4-7-19-23/h4-9,12-13,18H,10H2,1-3H3/t12-,13-/m1/s1. The van der Waals surface area contributed by atoms with Crippen LogP contribution in [0.25, 0.3) is 5.69 Å². The van der Waals surface area contributed by atoms with E-state index in [4.69, 9.17) is 0 Å². The Bertz CT molecular complexity index is 797. The smallest absolute Gasteiger partial charge is 0.170 e. The van der Waals surface area contributed by atoms with Crippen molar-refractivity contribution in [3.8, 4) is 5.69 Å². The Morgan fingerprint density at radius 1 is 1.29 bits per heavy atom. The van der Waals surface area contributed by atoms with Gasteiger partial charge in [-0.3, -0.25) is 4.68 Å². The van der Waals surface area contributed by atoms with Crippen molar-refractivity contribution in [2.75, 3.05) is 0 Å². The van der Waals surface area contributed by atoms with Gasteiger partial charge in [0, 0.05) is 18.4 Å². The average molecular weight is 329 g/mol. The Balaban J connectivity index is 1.73. The molecule has 0 aliphatic rings. The molecule has 7 nitrogen and oxygen atoms in total. The van der Waals surface area contributed by atoms with Crippen LogP contribution in [0.1, 0.15) is 31.3 Å². The molecule has 0 amide bonds. The van der Waals surface area contributed by atoms with Crippen molar-refractivity contribution in [2.45, 2.75) is 39.4 Å². The summed E-state index contributed by atoms with van der Waals surface area (Å²) in [5.74, 6) is 0.200. The van der Waals surface area contributed by atoms with E-state index in [0.717, 1.165) is 5.56 Å². The van der Waals surface area contributed by atoms with Gasteiger partial charge < -0.3 is 5.32 Å². The Kier molecular flexibility index (Phi) is 4.66. The van der Waals surface area contributed by atoms with E-state index < -0.39 is 0 Å². The predicted octanol–water partition coefficient (Wildman–Crippen LogP) is 2.05. The summed E-state index contributed by atoms with van der Waals surface area (Å²) in [7, 11) is 0. The lowest BCUT2D eigenvalue weighted by Crippen LogP contribution is -2.34. The van der Waals surface area contributed by atoms with Crippen LogP contribution in [0.4, 0.5) is 4.39 Å². The van der Waals surface area contributed by atoms with Gasteiger partial charge in [0.25, 0.3) is 0 Å². The highest BCUT2D eigenvalue weighted by molar-refractivity contribution is 5.36. The van der Waals surface area contributed by atoms with E-state index in [9.17, 15) is 4.39 Å². The monoisotopic (exact) mass is 329 g/mol. The van der Waals surface area contributed by atoms with Crippen LogP contribution in [0.5, 0.6) is 0 Å². The first-order valence-corrected chi connectivity index (χ1v) is 7.82. The second kappa shape index (κ2) is 6.88. The molecule has 8 heteroatoms. The van der Waals surface area contributed by atoms with Gasteiger partial charge in [0.15, 0.2) is 5.82 Å². The molecule has 2 atom stereocenters. The fourth-order valence-corrected chi connectivity index (χ4v) is 2.46. The Labute approximate surface area is 139 Å². The molecule has 1 aromatic carbocycles. The summed E-state index contributed by atoms with van der Waals surface area (Å²) in [5.41, 5.74) is 1.30. The molecule has 2 aromatic heterocycles. The lowest BCUT2D eigenvalue weighted by Gasteiger charge is -2.21. The molecule has 0 saturated heterocycles. The van der Waals surface area contributed by atoms with Crippen LogP contribution in [0.3, 0.4) is 0 Å². The van der Waals surface area contributed by atoms with Crippen LogP contribution in [0.2, 0.25) is 0 Å². The Morgan fingerprint density at radius 2 is 2.12 bits per heavy atom. The molecule has 126 valence electrons. The molecule has 0 unspecified atom stereocenters. The van der Waals surface area contributed by atoms with Crippen molar-refractivity contribution in [3.63, 3.8) is 0 Å². The van der Waals surface area contributed by atoms with Gasteiger partial charge in [0.05, 0.1) is 12.6 Å².